The van der Waals surface area contributed by atoms with Gasteiger partial charge in [0.1, 0.15) is 0 Å². The van der Waals surface area contributed by atoms with Gasteiger partial charge in [-0.05, 0) is 32.9 Å². The summed E-state index contributed by atoms with van der Waals surface area (Å²) in [5, 5.41) is 0. The maximum Gasteiger partial charge on any atom is 0.0726 e. The Hall–Kier alpha value is -1.02. The van der Waals surface area contributed by atoms with Gasteiger partial charge in [-0.25, -0.2) is 0 Å². The van der Waals surface area contributed by atoms with Gasteiger partial charge in [-0.3, -0.25) is 0 Å². The van der Waals surface area contributed by atoms with E-state index in [1.54, 1.807) is 0 Å². The summed E-state index contributed by atoms with van der Waals surface area (Å²) in [7, 11) is 0. The second kappa shape index (κ2) is 4.23. The van der Waals surface area contributed by atoms with E-state index >= 15 is 0 Å². The normalized spacial score (nSPS) is 26.7. The van der Waals surface area contributed by atoms with Gasteiger partial charge in [0.05, 0.1) is 12.2 Å². The molecular formula is C13H19NO. The van der Waals surface area contributed by atoms with Crippen molar-refractivity contribution >= 4 is 5.69 Å². The third kappa shape index (κ3) is 2.51. The third-order valence-electron chi connectivity index (χ3n) is 2.82. The Labute approximate surface area is 91.9 Å². The van der Waals surface area contributed by atoms with Gasteiger partial charge in [-0.2, -0.15) is 0 Å². The first kappa shape index (κ1) is 10.5. The molecule has 1 aliphatic heterocycles. The molecule has 0 aromatic heterocycles. The smallest absolute Gasteiger partial charge is 0.0726 e. The van der Waals surface area contributed by atoms with Crippen LogP contribution < -0.4 is 4.90 Å². The van der Waals surface area contributed by atoms with Gasteiger partial charge in [0.2, 0.25) is 0 Å². The Morgan fingerprint density at radius 2 is 1.60 bits per heavy atom. The summed E-state index contributed by atoms with van der Waals surface area (Å²) in [6.07, 6.45) is 0.658. The Kier molecular flexibility index (Phi) is 2.96. The molecule has 0 aliphatic carbocycles. The zero-order valence-electron chi connectivity index (χ0n) is 9.73. The lowest BCUT2D eigenvalue weighted by atomic mass is 10.1. The molecule has 0 N–H and O–H groups in total. The lowest BCUT2D eigenvalue weighted by Crippen LogP contribution is -2.45. The highest BCUT2D eigenvalue weighted by Crippen LogP contribution is 2.20. The topological polar surface area (TPSA) is 12.5 Å². The number of benzene rings is 1. The van der Waals surface area contributed by atoms with Crippen LogP contribution in [0.2, 0.25) is 0 Å². The van der Waals surface area contributed by atoms with Gasteiger partial charge in [0.15, 0.2) is 0 Å². The average Bonchev–Trinajstić information content (AvgIpc) is 2.17. The van der Waals surface area contributed by atoms with Crippen molar-refractivity contribution in [2.75, 3.05) is 18.0 Å². The molecule has 0 bridgehead atoms. The molecule has 1 saturated heterocycles. The molecular weight excluding hydrogens is 186 g/mol. The summed E-state index contributed by atoms with van der Waals surface area (Å²) in [5.41, 5.74) is 2.62. The number of anilines is 1. The quantitative estimate of drug-likeness (QED) is 0.698. The molecule has 0 amide bonds. The Bertz CT molecular complexity index is 310. The van der Waals surface area contributed by atoms with E-state index in [9.17, 15) is 0 Å². The van der Waals surface area contributed by atoms with E-state index in [0.29, 0.717) is 12.2 Å². The summed E-state index contributed by atoms with van der Waals surface area (Å²) in [4.78, 5) is 2.40. The molecule has 2 rings (SSSR count). The number of hydrogen-bond donors (Lipinski definition) is 0. The van der Waals surface area contributed by atoms with Gasteiger partial charge < -0.3 is 9.64 Å². The number of rotatable bonds is 1. The molecule has 1 fully saturated rings. The molecule has 0 radical (unpaired) electrons. The average molecular weight is 205 g/mol. The zero-order valence-corrected chi connectivity index (χ0v) is 9.73. The minimum atomic E-state index is 0.329. The molecule has 0 spiro atoms. The van der Waals surface area contributed by atoms with Gasteiger partial charge in [-0.1, -0.05) is 17.7 Å². The molecule has 1 aromatic carbocycles. The van der Waals surface area contributed by atoms with Crippen LogP contribution in [-0.2, 0) is 4.74 Å². The van der Waals surface area contributed by atoms with Crippen molar-refractivity contribution in [1.29, 1.82) is 0 Å². The van der Waals surface area contributed by atoms with Gasteiger partial charge in [-0.15, -0.1) is 0 Å². The molecule has 2 heteroatoms. The lowest BCUT2D eigenvalue weighted by Gasteiger charge is -2.36. The monoisotopic (exact) mass is 205 g/mol. The molecule has 2 atom stereocenters. The van der Waals surface area contributed by atoms with Crippen LogP contribution in [0.25, 0.3) is 0 Å². The van der Waals surface area contributed by atoms with Crippen LogP contribution in [0.15, 0.2) is 24.3 Å². The molecule has 82 valence electrons. The summed E-state index contributed by atoms with van der Waals surface area (Å²) >= 11 is 0. The molecule has 0 saturated carbocycles. The van der Waals surface area contributed by atoms with Crippen LogP contribution in [0.5, 0.6) is 0 Å². The highest BCUT2D eigenvalue weighted by atomic mass is 16.5. The van der Waals surface area contributed by atoms with Crippen LogP contribution >= 0.6 is 0 Å². The first-order chi connectivity index (χ1) is 7.15. The summed E-state index contributed by atoms with van der Waals surface area (Å²) in [5.74, 6) is 0. The molecule has 2 nitrogen and oxygen atoms in total. The predicted molar refractivity (Wildman–Crippen MR) is 63.4 cm³/mol. The molecule has 1 heterocycles. The molecule has 15 heavy (non-hydrogen) atoms. The van der Waals surface area contributed by atoms with Crippen LogP contribution in [-0.4, -0.2) is 25.3 Å². The van der Waals surface area contributed by atoms with E-state index in [1.807, 2.05) is 0 Å². The Morgan fingerprint density at radius 3 is 2.13 bits per heavy atom. The van der Waals surface area contributed by atoms with E-state index in [4.69, 9.17) is 4.74 Å². The van der Waals surface area contributed by atoms with Crippen LogP contribution in [0.3, 0.4) is 0 Å². The zero-order chi connectivity index (χ0) is 10.8. The van der Waals surface area contributed by atoms with E-state index in [-0.39, 0.29) is 0 Å². The van der Waals surface area contributed by atoms with E-state index in [1.165, 1.54) is 11.3 Å². The second-order valence-corrected chi connectivity index (χ2v) is 4.50. The number of nitrogens with zero attached hydrogens (tertiary/aromatic N) is 1. The number of hydrogen-bond acceptors (Lipinski definition) is 2. The highest BCUT2D eigenvalue weighted by Gasteiger charge is 2.21. The Balaban J connectivity index is 2.12. The molecule has 1 aliphatic rings. The fourth-order valence-electron chi connectivity index (χ4n) is 2.14. The summed E-state index contributed by atoms with van der Waals surface area (Å²) in [6.45, 7) is 8.38. The van der Waals surface area contributed by atoms with Gasteiger partial charge in [0.25, 0.3) is 0 Å². The summed E-state index contributed by atoms with van der Waals surface area (Å²) in [6, 6.07) is 8.72. The SMILES string of the molecule is Cc1ccc(N2CC(C)OC(C)C2)cc1. The molecule has 2 unspecified atom stereocenters. The maximum atomic E-state index is 5.72. The first-order valence-corrected chi connectivity index (χ1v) is 5.62. The van der Waals surface area contributed by atoms with Gasteiger partial charge >= 0.3 is 0 Å². The minimum absolute atomic E-state index is 0.329. The van der Waals surface area contributed by atoms with Gasteiger partial charge in [0, 0.05) is 18.8 Å². The van der Waals surface area contributed by atoms with Crippen molar-refractivity contribution in [3.05, 3.63) is 29.8 Å². The number of morpholine rings is 1. The van der Waals surface area contributed by atoms with E-state index < -0.39 is 0 Å². The van der Waals surface area contributed by atoms with Crippen LogP contribution in [0.4, 0.5) is 5.69 Å². The predicted octanol–water partition coefficient (Wildman–Crippen LogP) is 2.61. The van der Waals surface area contributed by atoms with Crippen LogP contribution in [0.1, 0.15) is 19.4 Å². The fourth-order valence-corrected chi connectivity index (χ4v) is 2.14. The van der Waals surface area contributed by atoms with Crippen molar-refractivity contribution in [3.63, 3.8) is 0 Å². The number of aryl methyl sites for hydroxylation is 1. The fraction of sp³-hybridized carbons (Fsp3) is 0.538. The summed E-state index contributed by atoms with van der Waals surface area (Å²) < 4.78 is 5.72. The highest BCUT2D eigenvalue weighted by molar-refractivity contribution is 5.48. The van der Waals surface area contributed by atoms with Crippen molar-refractivity contribution in [2.24, 2.45) is 0 Å². The maximum absolute atomic E-state index is 5.72. The third-order valence-corrected chi connectivity index (χ3v) is 2.82. The van der Waals surface area contributed by atoms with E-state index in [2.05, 4.69) is 49.9 Å². The standard InChI is InChI=1S/C13H19NO/c1-10-4-6-13(7-5-10)14-8-11(2)15-12(3)9-14/h4-7,11-12H,8-9H2,1-3H3. The van der Waals surface area contributed by atoms with Crippen LogP contribution in [0, 0.1) is 6.92 Å². The first-order valence-electron chi connectivity index (χ1n) is 5.62. The number of ether oxygens (including phenoxy) is 1. The van der Waals surface area contributed by atoms with Crippen molar-refractivity contribution in [3.8, 4) is 0 Å². The Morgan fingerprint density at radius 1 is 1.07 bits per heavy atom. The second-order valence-electron chi connectivity index (χ2n) is 4.50. The lowest BCUT2D eigenvalue weighted by molar-refractivity contribution is -0.00521. The van der Waals surface area contributed by atoms with Crippen molar-refractivity contribution in [1.82, 2.24) is 0 Å². The van der Waals surface area contributed by atoms with E-state index in [0.717, 1.165) is 13.1 Å². The van der Waals surface area contributed by atoms with Crippen molar-refractivity contribution < 1.29 is 4.74 Å². The van der Waals surface area contributed by atoms with Crippen molar-refractivity contribution in [2.45, 2.75) is 33.0 Å². The minimum Gasteiger partial charge on any atom is -0.372 e. The largest absolute Gasteiger partial charge is 0.372 e. The molecule has 1 aromatic rings.